The van der Waals surface area contributed by atoms with Gasteiger partial charge in [-0.05, 0) is 38.1 Å². The van der Waals surface area contributed by atoms with Crippen molar-refractivity contribution in [2.75, 3.05) is 11.4 Å². The highest BCUT2D eigenvalue weighted by Crippen LogP contribution is 2.20. The number of halogens is 1. The predicted octanol–water partition coefficient (Wildman–Crippen LogP) is 3.14. The standard InChI is InChI=1S/C12H16BrNO2/c1-9(2)14(8-7-12(15)16)11-5-3-10(13)4-6-11/h3-6,9H,7-8H2,1-2H3,(H,15,16). The van der Waals surface area contributed by atoms with Crippen molar-refractivity contribution in [3.63, 3.8) is 0 Å². The third kappa shape index (κ3) is 3.85. The summed E-state index contributed by atoms with van der Waals surface area (Å²) < 4.78 is 1.03. The van der Waals surface area contributed by atoms with E-state index in [1.807, 2.05) is 24.3 Å². The van der Waals surface area contributed by atoms with Crippen LogP contribution in [0.5, 0.6) is 0 Å². The molecule has 0 amide bonds. The van der Waals surface area contributed by atoms with Gasteiger partial charge in [0.1, 0.15) is 0 Å². The zero-order valence-electron chi connectivity index (χ0n) is 9.48. The summed E-state index contributed by atoms with van der Waals surface area (Å²) in [5.41, 5.74) is 1.06. The van der Waals surface area contributed by atoms with E-state index in [1.54, 1.807) is 0 Å². The normalized spacial score (nSPS) is 10.5. The van der Waals surface area contributed by atoms with Crippen molar-refractivity contribution in [1.29, 1.82) is 0 Å². The molecule has 0 aliphatic heterocycles. The van der Waals surface area contributed by atoms with E-state index < -0.39 is 5.97 Å². The molecule has 0 saturated carbocycles. The van der Waals surface area contributed by atoms with Crippen molar-refractivity contribution < 1.29 is 9.90 Å². The van der Waals surface area contributed by atoms with Gasteiger partial charge in [-0.1, -0.05) is 15.9 Å². The highest BCUT2D eigenvalue weighted by Gasteiger charge is 2.11. The summed E-state index contributed by atoms with van der Waals surface area (Å²) in [7, 11) is 0. The van der Waals surface area contributed by atoms with E-state index in [-0.39, 0.29) is 6.42 Å². The summed E-state index contributed by atoms with van der Waals surface area (Å²) >= 11 is 3.38. The summed E-state index contributed by atoms with van der Waals surface area (Å²) in [5.74, 6) is -0.761. The Balaban J connectivity index is 2.77. The van der Waals surface area contributed by atoms with Crippen molar-refractivity contribution in [2.45, 2.75) is 26.3 Å². The molecule has 0 aliphatic rings. The third-order valence-corrected chi connectivity index (χ3v) is 2.88. The van der Waals surface area contributed by atoms with Crippen LogP contribution in [0.3, 0.4) is 0 Å². The highest BCUT2D eigenvalue weighted by atomic mass is 79.9. The van der Waals surface area contributed by atoms with Crippen LogP contribution in [0.1, 0.15) is 20.3 Å². The van der Waals surface area contributed by atoms with Crippen LogP contribution in [-0.2, 0) is 4.79 Å². The van der Waals surface area contributed by atoms with Crippen LogP contribution in [0.25, 0.3) is 0 Å². The number of carboxylic acid groups (broad SMARTS) is 1. The maximum Gasteiger partial charge on any atom is 0.305 e. The van der Waals surface area contributed by atoms with Crippen molar-refractivity contribution in [3.05, 3.63) is 28.7 Å². The van der Waals surface area contributed by atoms with Crippen molar-refractivity contribution >= 4 is 27.6 Å². The van der Waals surface area contributed by atoms with Gasteiger partial charge in [0.25, 0.3) is 0 Å². The lowest BCUT2D eigenvalue weighted by Gasteiger charge is -2.28. The number of hydrogen-bond acceptors (Lipinski definition) is 2. The predicted molar refractivity (Wildman–Crippen MR) is 68.9 cm³/mol. The highest BCUT2D eigenvalue weighted by molar-refractivity contribution is 9.10. The van der Waals surface area contributed by atoms with E-state index in [0.29, 0.717) is 12.6 Å². The molecule has 88 valence electrons. The van der Waals surface area contributed by atoms with E-state index in [2.05, 4.69) is 34.7 Å². The first-order chi connectivity index (χ1) is 7.50. The Morgan fingerprint density at radius 1 is 1.38 bits per heavy atom. The molecule has 1 aromatic rings. The number of aliphatic carboxylic acids is 1. The van der Waals surface area contributed by atoms with Crippen molar-refractivity contribution in [3.8, 4) is 0 Å². The quantitative estimate of drug-likeness (QED) is 0.904. The fourth-order valence-corrected chi connectivity index (χ4v) is 1.80. The fraction of sp³-hybridized carbons (Fsp3) is 0.417. The van der Waals surface area contributed by atoms with Gasteiger partial charge in [0, 0.05) is 22.7 Å². The van der Waals surface area contributed by atoms with Gasteiger partial charge in [-0.3, -0.25) is 4.79 Å². The number of anilines is 1. The summed E-state index contributed by atoms with van der Waals surface area (Å²) in [6.07, 6.45) is 0.161. The summed E-state index contributed by atoms with van der Waals surface area (Å²) in [5, 5.41) is 8.70. The Bertz CT molecular complexity index is 349. The van der Waals surface area contributed by atoms with Crippen LogP contribution in [0.15, 0.2) is 28.7 Å². The molecule has 0 aromatic heterocycles. The van der Waals surface area contributed by atoms with E-state index in [9.17, 15) is 4.79 Å². The molecule has 3 nitrogen and oxygen atoms in total. The summed E-state index contributed by atoms with van der Waals surface area (Å²) in [6.45, 7) is 4.66. The van der Waals surface area contributed by atoms with Crippen molar-refractivity contribution in [2.24, 2.45) is 0 Å². The van der Waals surface area contributed by atoms with E-state index in [0.717, 1.165) is 10.2 Å². The van der Waals surface area contributed by atoms with Gasteiger partial charge in [-0.25, -0.2) is 0 Å². The van der Waals surface area contributed by atoms with Crippen LogP contribution in [0.4, 0.5) is 5.69 Å². The topological polar surface area (TPSA) is 40.5 Å². The molecule has 1 aromatic carbocycles. The lowest BCUT2D eigenvalue weighted by atomic mass is 10.2. The minimum Gasteiger partial charge on any atom is -0.481 e. The second-order valence-electron chi connectivity index (χ2n) is 3.91. The molecule has 16 heavy (non-hydrogen) atoms. The number of benzene rings is 1. The number of carbonyl (C=O) groups is 1. The minimum absolute atomic E-state index is 0.161. The molecule has 0 aliphatic carbocycles. The zero-order valence-corrected chi connectivity index (χ0v) is 11.1. The molecule has 0 atom stereocenters. The Kier molecular flexibility index (Phi) is 4.80. The van der Waals surface area contributed by atoms with E-state index in [1.165, 1.54) is 0 Å². The molecular formula is C12H16BrNO2. The monoisotopic (exact) mass is 285 g/mol. The number of nitrogens with zero attached hydrogens (tertiary/aromatic N) is 1. The van der Waals surface area contributed by atoms with Gasteiger partial charge in [-0.15, -0.1) is 0 Å². The Morgan fingerprint density at radius 3 is 2.38 bits per heavy atom. The van der Waals surface area contributed by atoms with Crippen LogP contribution in [-0.4, -0.2) is 23.7 Å². The van der Waals surface area contributed by atoms with Crippen molar-refractivity contribution in [1.82, 2.24) is 0 Å². The minimum atomic E-state index is -0.761. The van der Waals surface area contributed by atoms with Gasteiger partial charge < -0.3 is 10.0 Å². The van der Waals surface area contributed by atoms with Gasteiger partial charge in [-0.2, -0.15) is 0 Å². The van der Waals surface area contributed by atoms with E-state index in [4.69, 9.17) is 5.11 Å². The van der Waals surface area contributed by atoms with Crippen LogP contribution in [0, 0.1) is 0 Å². The molecular weight excluding hydrogens is 270 g/mol. The van der Waals surface area contributed by atoms with Gasteiger partial charge >= 0.3 is 5.97 Å². The summed E-state index contributed by atoms with van der Waals surface area (Å²) in [6, 6.07) is 8.20. The lowest BCUT2D eigenvalue weighted by Crippen LogP contribution is -2.32. The maximum absolute atomic E-state index is 10.6. The third-order valence-electron chi connectivity index (χ3n) is 2.35. The number of hydrogen-bond donors (Lipinski definition) is 1. The number of rotatable bonds is 5. The first-order valence-electron chi connectivity index (χ1n) is 5.24. The van der Waals surface area contributed by atoms with Gasteiger partial charge in [0.05, 0.1) is 6.42 Å². The van der Waals surface area contributed by atoms with Crippen LogP contribution in [0.2, 0.25) is 0 Å². The first-order valence-corrected chi connectivity index (χ1v) is 6.04. The fourth-order valence-electron chi connectivity index (χ4n) is 1.53. The first kappa shape index (κ1) is 13.0. The molecule has 0 fully saturated rings. The average Bonchev–Trinajstić information content (AvgIpc) is 2.20. The summed E-state index contributed by atoms with van der Waals surface area (Å²) in [4.78, 5) is 12.7. The largest absolute Gasteiger partial charge is 0.481 e. The lowest BCUT2D eigenvalue weighted by molar-refractivity contribution is -0.136. The van der Waals surface area contributed by atoms with Crippen LogP contribution >= 0.6 is 15.9 Å². The Labute approximate surface area is 104 Å². The van der Waals surface area contributed by atoms with Gasteiger partial charge in [0.2, 0.25) is 0 Å². The molecule has 0 spiro atoms. The van der Waals surface area contributed by atoms with Crippen LogP contribution < -0.4 is 4.90 Å². The SMILES string of the molecule is CC(C)N(CCC(=O)O)c1ccc(Br)cc1. The molecule has 4 heteroatoms. The molecule has 0 radical (unpaired) electrons. The Morgan fingerprint density at radius 2 is 1.94 bits per heavy atom. The molecule has 0 saturated heterocycles. The second-order valence-corrected chi connectivity index (χ2v) is 4.82. The molecule has 0 bridgehead atoms. The second kappa shape index (κ2) is 5.89. The smallest absolute Gasteiger partial charge is 0.305 e. The number of carboxylic acids is 1. The molecule has 1 rings (SSSR count). The maximum atomic E-state index is 10.6. The molecule has 0 heterocycles. The zero-order chi connectivity index (χ0) is 12.1. The Hall–Kier alpha value is -1.03. The average molecular weight is 286 g/mol. The molecule has 1 N–H and O–H groups in total. The van der Waals surface area contributed by atoms with Gasteiger partial charge in [0.15, 0.2) is 0 Å². The molecule has 0 unspecified atom stereocenters. The van der Waals surface area contributed by atoms with E-state index >= 15 is 0 Å².